The Balaban J connectivity index is 1.91. The van der Waals surface area contributed by atoms with Crippen LogP contribution in [0.15, 0.2) is 36.5 Å². The summed E-state index contributed by atoms with van der Waals surface area (Å²) < 4.78 is 5.53. The van der Waals surface area contributed by atoms with Crippen molar-refractivity contribution >= 4 is 5.97 Å². The molecule has 1 fully saturated rings. The summed E-state index contributed by atoms with van der Waals surface area (Å²) in [6, 6.07) is 0. The lowest BCUT2D eigenvalue weighted by atomic mass is 10.1. The van der Waals surface area contributed by atoms with Gasteiger partial charge in [-0.25, -0.2) is 0 Å². The van der Waals surface area contributed by atoms with Gasteiger partial charge in [0, 0.05) is 6.42 Å². The van der Waals surface area contributed by atoms with Crippen LogP contribution in [0.5, 0.6) is 0 Å². The van der Waals surface area contributed by atoms with Gasteiger partial charge in [0.25, 0.3) is 0 Å². The molecule has 1 saturated heterocycles. The first kappa shape index (κ1) is 19.7. The Morgan fingerprint density at radius 1 is 0.957 bits per heavy atom. The minimum Gasteiger partial charge on any atom is -0.481 e. The van der Waals surface area contributed by atoms with Crippen molar-refractivity contribution in [3.63, 3.8) is 0 Å². The second-order valence-corrected chi connectivity index (χ2v) is 6.12. The second-order valence-electron chi connectivity index (χ2n) is 6.12. The molecule has 0 spiro atoms. The van der Waals surface area contributed by atoms with Crippen molar-refractivity contribution in [3.05, 3.63) is 36.5 Å². The van der Waals surface area contributed by atoms with E-state index in [1.807, 2.05) is 0 Å². The minimum absolute atomic E-state index is 0.250. The largest absolute Gasteiger partial charge is 0.481 e. The van der Waals surface area contributed by atoms with Crippen LogP contribution in [0.2, 0.25) is 0 Å². The second kappa shape index (κ2) is 13.1. The third-order valence-corrected chi connectivity index (χ3v) is 3.95. The minimum atomic E-state index is -0.718. The van der Waals surface area contributed by atoms with E-state index in [0.717, 1.165) is 32.1 Å². The number of ether oxygens (including phenoxy) is 1. The molecule has 0 aromatic heterocycles. The van der Waals surface area contributed by atoms with Crippen molar-refractivity contribution < 1.29 is 14.6 Å². The summed E-state index contributed by atoms with van der Waals surface area (Å²) in [5, 5.41) is 8.58. The molecule has 1 rings (SSSR count). The van der Waals surface area contributed by atoms with Gasteiger partial charge in [-0.05, 0) is 44.9 Å². The van der Waals surface area contributed by atoms with Crippen molar-refractivity contribution in [2.24, 2.45) is 0 Å². The molecule has 0 aromatic carbocycles. The number of rotatable bonds is 14. The number of epoxide rings is 1. The Morgan fingerprint density at radius 3 is 2.35 bits per heavy atom. The number of hydrogen-bond donors (Lipinski definition) is 1. The number of aliphatic carboxylic acids is 1. The first-order chi connectivity index (χ1) is 11.2. The molecular formula is C20H32O3. The molecule has 2 unspecified atom stereocenters. The van der Waals surface area contributed by atoms with Crippen molar-refractivity contribution in [2.45, 2.75) is 83.3 Å². The van der Waals surface area contributed by atoms with E-state index in [1.165, 1.54) is 25.7 Å². The van der Waals surface area contributed by atoms with Crippen molar-refractivity contribution in [3.8, 4) is 0 Å². The summed E-state index contributed by atoms with van der Waals surface area (Å²) in [7, 11) is 0. The van der Waals surface area contributed by atoms with Gasteiger partial charge < -0.3 is 9.84 Å². The van der Waals surface area contributed by atoms with E-state index in [1.54, 1.807) is 0 Å². The molecule has 0 aromatic rings. The van der Waals surface area contributed by atoms with Crippen LogP contribution in [-0.4, -0.2) is 23.3 Å². The smallest absolute Gasteiger partial charge is 0.303 e. The zero-order chi connectivity index (χ0) is 16.8. The van der Waals surface area contributed by atoms with Crippen LogP contribution in [-0.2, 0) is 9.53 Å². The Kier molecular flexibility index (Phi) is 11.2. The monoisotopic (exact) mass is 320 g/mol. The first-order valence-corrected chi connectivity index (χ1v) is 9.06. The fourth-order valence-electron chi connectivity index (χ4n) is 2.50. The van der Waals surface area contributed by atoms with Gasteiger partial charge in [0.05, 0.1) is 12.2 Å². The average Bonchev–Trinajstić information content (AvgIpc) is 3.26. The standard InChI is InChI=1S/C20H32O3/c1-2-3-4-5-6-7-8-9-10-11-12-13-15-18-19(23-18)16-14-17-20(21)22/h6-7,9-10,12-13,18-19H,2-5,8,11,14-17H2,1H3,(H,21,22). The third kappa shape index (κ3) is 11.8. The molecule has 1 aliphatic heterocycles. The molecule has 3 nitrogen and oxygen atoms in total. The fraction of sp³-hybridized carbons (Fsp3) is 0.650. The summed E-state index contributed by atoms with van der Waals surface area (Å²) in [5.74, 6) is -0.718. The number of carboxylic acid groups (broad SMARTS) is 1. The zero-order valence-electron chi connectivity index (χ0n) is 14.5. The van der Waals surface area contributed by atoms with Gasteiger partial charge in [-0.3, -0.25) is 4.79 Å². The number of carboxylic acids is 1. The van der Waals surface area contributed by atoms with E-state index in [2.05, 4.69) is 43.4 Å². The van der Waals surface area contributed by atoms with Crippen LogP contribution in [0.25, 0.3) is 0 Å². The normalized spacial score (nSPS) is 20.9. The maximum absolute atomic E-state index is 10.4. The SMILES string of the molecule is CCCCCC=CCC=CCC=CCC1OC1CCCC(=O)O. The van der Waals surface area contributed by atoms with Crippen LogP contribution < -0.4 is 0 Å². The average molecular weight is 320 g/mol. The number of allylic oxidation sites excluding steroid dienone is 5. The van der Waals surface area contributed by atoms with Crippen LogP contribution >= 0.6 is 0 Å². The molecule has 1 N–H and O–H groups in total. The van der Waals surface area contributed by atoms with Gasteiger partial charge in [0.1, 0.15) is 0 Å². The summed E-state index contributed by atoms with van der Waals surface area (Å²) >= 11 is 0. The number of hydrogen-bond acceptors (Lipinski definition) is 2. The highest BCUT2D eigenvalue weighted by Crippen LogP contribution is 2.30. The van der Waals surface area contributed by atoms with Crippen LogP contribution in [0.4, 0.5) is 0 Å². The van der Waals surface area contributed by atoms with E-state index in [-0.39, 0.29) is 12.5 Å². The molecule has 23 heavy (non-hydrogen) atoms. The quantitative estimate of drug-likeness (QED) is 0.264. The van der Waals surface area contributed by atoms with Gasteiger partial charge in [0.15, 0.2) is 0 Å². The predicted molar refractivity (Wildman–Crippen MR) is 95.6 cm³/mol. The molecule has 1 aliphatic rings. The third-order valence-electron chi connectivity index (χ3n) is 3.95. The van der Waals surface area contributed by atoms with E-state index in [4.69, 9.17) is 9.84 Å². The molecule has 0 radical (unpaired) electrons. The first-order valence-electron chi connectivity index (χ1n) is 9.06. The van der Waals surface area contributed by atoms with E-state index in [9.17, 15) is 4.79 Å². The zero-order valence-corrected chi connectivity index (χ0v) is 14.5. The molecule has 130 valence electrons. The summed E-state index contributed by atoms with van der Waals surface area (Å²) in [5.41, 5.74) is 0. The highest BCUT2D eigenvalue weighted by atomic mass is 16.6. The van der Waals surface area contributed by atoms with Crippen molar-refractivity contribution in [1.29, 1.82) is 0 Å². The molecule has 3 heteroatoms. The molecule has 0 saturated carbocycles. The molecular weight excluding hydrogens is 288 g/mol. The molecule has 2 atom stereocenters. The lowest BCUT2D eigenvalue weighted by Crippen LogP contribution is -1.97. The van der Waals surface area contributed by atoms with Crippen LogP contribution in [0, 0.1) is 0 Å². The van der Waals surface area contributed by atoms with Crippen molar-refractivity contribution in [1.82, 2.24) is 0 Å². The molecule has 0 bridgehead atoms. The van der Waals surface area contributed by atoms with Gasteiger partial charge in [-0.1, -0.05) is 56.2 Å². The Labute approximate surface area is 141 Å². The fourth-order valence-corrected chi connectivity index (χ4v) is 2.50. The Bertz CT molecular complexity index is 396. The maximum Gasteiger partial charge on any atom is 0.303 e. The number of carbonyl (C=O) groups is 1. The summed E-state index contributed by atoms with van der Waals surface area (Å²) in [6.45, 7) is 2.23. The van der Waals surface area contributed by atoms with Gasteiger partial charge in [-0.2, -0.15) is 0 Å². The highest BCUT2D eigenvalue weighted by molar-refractivity contribution is 5.66. The summed E-state index contributed by atoms with van der Waals surface area (Å²) in [6.07, 6.45) is 23.8. The lowest BCUT2D eigenvalue weighted by molar-refractivity contribution is -0.137. The van der Waals surface area contributed by atoms with Crippen LogP contribution in [0.3, 0.4) is 0 Å². The highest BCUT2D eigenvalue weighted by Gasteiger charge is 2.36. The van der Waals surface area contributed by atoms with Gasteiger partial charge in [0.2, 0.25) is 0 Å². The topological polar surface area (TPSA) is 49.8 Å². The Morgan fingerprint density at radius 2 is 1.65 bits per heavy atom. The molecule has 0 aliphatic carbocycles. The van der Waals surface area contributed by atoms with Crippen LogP contribution in [0.1, 0.15) is 71.1 Å². The van der Waals surface area contributed by atoms with E-state index in [0.29, 0.717) is 6.10 Å². The van der Waals surface area contributed by atoms with Gasteiger partial charge in [-0.15, -0.1) is 0 Å². The molecule has 1 heterocycles. The molecule has 0 amide bonds. The number of unbranched alkanes of at least 4 members (excludes halogenated alkanes) is 3. The van der Waals surface area contributed by atoms with Gasteiger partial charge >= 0.3 is 5.97 Å². The van der Waals surface area contributed by atoms with E-state index < -0.39 is 5.97 Å². The Hall–Kier alpha value is -1.35. The van der Waals surface area contributed by atoms with E-state index >= 15 is 0 Å². The van der Waals surface area contributed by atoms with Crippen molar-refractivity contribution in [2.75, 3.05) is 0 Å². The lowest BCUT2D eigenvalue weighted by Gasteiger charge is -1.92. The summed E-state index contributed by atoms with van der Waals surface area (Å²) in [4.78, 5) is 10.4. The predicted octanol–water partition coefficient (Wildman–Crippen LogP) is 5.43. The maximum atomic E-state index is 10.4.